The molecular formula is C12H19NO3. The Bertz CT molecular complexity index is 316. The van der Waals surface area contributed by atoms with E-state index in [0.29, 0.717) is 0 Å². The summed E-state index contributed by atoms with van der Waals surface area (Å²) >= 11 is 0. The smallest absolute Gasteiger partial charge is 0.410 e. The number of rotatable bonds is 2. The molecule has 0 saturated carbocycles. The van der Waals surface area contributed by atoms with Gasteiger partial charge in [0.1, 0.15) is 5.54 Å². The lowest BCUT2D eigenvalue weighted by Crippen LogP contribution is -2.52. The molecule has 0 N–H and O–H groups in total. The molecule has 90 valence electrons. The quantitative estimate of drug-likeness (QED) is 0.722. The van der Waals surface area contributed by atoms with E-state index in [2.05, 4.69) is 0 Å². The van der Waals surface area contributed by atoms with Crippen LogP contribution in [0.2, 0.25) is 0 Å². The molecule has 2 bridgehead atoms. The summed E-state index contributed by atoms with van der Waals surface area (Å²) in [6.45, 7) is 3.80. The number of hydrogen-bond acceptors (Lipinski definition) is 3. The summed E-state index contributed by atoms with van der Waals surface area (Å²) in [6.07, 6.45) is 3.16. The molecule has 2 saturated heterocycles. The Morgan fingerprint density at radius 1 is 1.31 bits per heavy atom. The van der Waals surface area contributed by atoms with Crippen molar-refractivity contribution >= 4 is 11.9 Å². The van der Waals surface area contributed by atoms with Crippen LogP contribution >= 0.6 is 0 Å². The topological polar surface area (TPSA) is 46.6 Å². The summed E-state index contributed by atoms with van der Waals surface area (Å²) in [5, 5.41) is 0. The van der Waals surface area contributed by atoms with Gasteiger partial charge in [0.2, 0.25) is 0 Å². The molecule has 0 aromatic rings. The van der Waals surface area contributed by atoms with E-state index in [1.54, 1.807) is 4.90 Å². The van der Waals surface area contributed by atoms with Gasteiger partial charge in [0.25, 0.3) is 0 Å². The van der Waals surface area contributed by atoms with Gasteiger partial charge in [-0.3, -0.25) is 9.69 Å². The Labute approximate surface area is 95.9 Å². The van der Waals surface area contributed by atoms with Gasteiger partial charge < -0.3 is 4.74 Å². The van der Waals surface area contributed by atoms with Crippen molar-refractivity contribution in [3.8, 4) is 0 Å². The molecule has 1 amide bonds. The van der Waals surface area contributed by atoms with Crippen LogP contribution in [0.3, 0.4) is 0 Å². The number of methoxy groups -OCH3 is 1. The van der Waals surface area contributed by atoms with Crippen molar-refractivity contribution in [3.05, 3.63) is 0 Å². The molecule has 2 rings (SSSR count). The molecule has 4 nitrogen and oxygen atoms in total. The Hall–Kier alpha value is -1.06. The number of Topliss-reactive ketones (excluding diaryl/α,β-unsaturated/α-hetero) is 1. The van der Waals surface area contributed by atoms with E-state index >= 15 is 0 Å². The van der Waals surface area contributed by atoms with E-state index < -0.39 is 5.54 Å². The zero-order chi connectivity index (χ0) is 11.9. The molecular weight excluding hydrogens is 206 g/mol. The van der Waals surface area contributed by atoms with E-state index in [1.165, 1.54) is 7.11 Å². The zero-order valence-corrected chi connectivity index (χ0v) is 10.2. The fraction of sp³-hybridized carbons (Fsp3) is 0.833. The van der Waals surface area contributed by atoms with Crippen LogP contribution in [0.15, 0.2) is 0 Å². The highest BCUT2D eigenvalue weighted by molar-refractivity contribution is 5.94. The summed E-state index contributed by atoms with van der Waals surface area (Å²) in [6, 6.07) is 0.218. The second-order valence-corrected chi connectivity index (χ2v) is 5.12. The van der Waals surface area contributed by atoms with Gasteiger partial charge in [-0.2, -0.15) is 0 Å². The minimum atomic E-state index is -0.550. The van der Waals surface area contributed by atoms with Gasteiger partial charge in [-0.1, -0.05) is 13.8 Å². The number of ether oxygens (including phenoxy) is 1. The number of ketones is 1. The Morgan fingerprint density at radius 2 is 1.88 bits per heavy atom. The third kappa shape index (κ3) is 1.35. The van der Waals surface area contributed by atoms with Crippen molar-refractivity contribution in [3.63, 3.8) is 0 Å². The highest BCUT2D eigenvalue weighted by Crippen LogP contribution is 2.48. The maximum Gasteiger partial charge on any atom is 0.410 e. The third-order valence-corrected chi connectivity index (χ3v) is 3.96. The predicted octanol–water partition coefficient (Wildman–Crippen LogP) is 1.97. The van der Waals surface area contributed by atoms with Gasteiger partial charge in [0.15, 0.2) is 5.78 Å². The molecule has 0 unspecified atom stereocenters. The average Bonchev–Trinajstić information content (AvgIpc) is 2.82. The van der Waals surface area contributed by atoms with Crippen molar-refractivity contribution in [1.29, 1.82) is 0 Å². The maximum atomic E-state index is 12.3. The lowest BCUT2D eigenvalue weighted by atomic mass is 9.80. The van der Waals surface area contributed by atoms with Crippen molar-refractivity contribution < 1.29 is 14.3 Å². The van der Waals surface area contributed by atoms with Crippen LogP contribution in [-0.4, -0.2) is 35.5 Å². The summed E-state index contributed by atoms with van der Waals surface area (Å²) in [5.41, 5.74) is -0.550. The number of fused-ring (bicyclic) bond motifs is 2. The summed E-state index contributed by atoms with van der Waals surface area (Å²) in [7, 11) is 1.38. The molecule has 4 heteroatoms. The van der Waals surface area contributed by atoms with E-state index in [1.807, 2.05) is 13.8 Å². The number of nitrogens with zero attached hydrogens (tertiary/aromatic N) is 1. The van der Waals surface area contributed by atoms with Crippen molar-refractivity contribution in [1.82, 2.24) is 4.90 Å². The van der Waals surface area contributed by atoms with Crippen molar-refractivity contribution in [2.24, 2.45) is 5.92 Å². The van der Waals surface area contributed by atoms with E-state index in [0.717, 1.165) is 25.7 Å². The monoisotopic (exact) mass is 225 g/mol. The largest absolute Gasteiger partial charge is 0.453 e. The second kappa shape index (κ2) is 3.75. The van der Waals surface area contributed by atoms with Crippen LogP contribution in [0.5, 0.6) is 0 Å². The van der Waals surface area contributed by atoms with Gasteiger partial charge in [-0.15, -0.1) is 0 Å². The normalized spacial score (nSPS) is 32.2. The fourth-order valence-corrected chi connectivity index (χ4v) is 3.25. The van der Waals surface area contributed by atoms with Crippen molar-refractivity contribution in [2.75, 3.05) is 7.11 Å². The van der Waals surface area contributed by atoms with Crippen molar-refractivity contribution in [2.45, 2.75) is 51.1 Å². The predicted molar refractivity (Wildman–Crippen MR) is 59.1 cm³/mol. The van der Waals surface area contributed by atoms with E-state index in [9.17, 15) is 9.59 Å². The Kier molecular flexibility index (Phi) is 2.68. The molecule has 0 spiro atoms. The maximum absolute atomic E-state index is 12.3. The number of hydrogen-bond donors (Lipinski definition) is 0. The summed E-state index contributed by atoms with van der Waals surface area (Å²) < 4.78 is 4.80. The SMILES string of the molecule is COC(=O)N1C2CCC1(C(=O)C(C)C)CC2. The van der Waals surface area contributed by atoms with Crippen LogP contribution < -0.4 is 0 Å². The number of amides is 1. The first-order chi connectivity index (χ1) is 7.53. The summed E-state index contributed by atoms with van der Waals surface area (Å²) in [5.74, 6) is 0.168. The van der Waals surface area contributed by atoms with Gasteiger partial charge in [0.05, 0.1) is 7.11 Å². The van der Waals surface area contributed by atoms with Crippen LogP contribution in [0.4, 0.5) is 4.79 Å². The minimum absolute atomic E-state index is 0.0241. The minimum Gasteiger partial charge on any atom is -0.453 e. The van der Waals surface area contributed by atoms with E-state index in [4.69, 9.17) is 4.74 Å². The van der Waals surface area contributed by atoms with Crippen LogP contribution in [0, 0.1) is 5.92 Å². The molecule has 2 fully saturated rings. The molecule has 2 aliphatic rings. The first-order valence-corrected chi connectivity index (χ1v) is 5.94. The lowest BCUT2D eigenvalue weighted by Gasteiger charge is -2.33. The summed E-state index contributed by atoms with van der Waals surface area (Å²) in [4.78, 5) is 25.8. The molecule has 0 aromatic carbocycles. The standard InChI is InChI=1S/C12H19NO3/c1-8(2)10(14)12-6-4-9(5-7-12)13(12)11(15)16-3/h8-9H,4-7H2,1-3H3. The molecule has 0 aromatic heterocycles. The highest BCUT2D eigenvalue weighted by atomic mass is 16.5. The fourth-order valence-electron chi connectivity index (χ4n) is 3.25. The Morgan fingerprint density at radius 3 is 2.31 bits per heavy atom. The average molecular weight is 225 g/mol. The van der Waals surface area contributed by atoms with Gasteiger partial charge in [0, 0.05) is 12.0 Å². The molecule has 2 heterocycles. The number of carbonyl (C=O) groups excluding carboxylic acids is 2. The van der Waals surface area contributed by atoms with Crippen LogP contribution in [-0.2, 0) is 9.53 Å². The molecule has 2 aliphatic heterocycles. The zero-order valence-electron chi connectivity index (χ0n) is 10.2. The molecule has 0 atom stereocenters. The van der Waals surface area contributed by atoms with Crippen LogP contribution in [0.1, 0.15) is 39.5 Å². The first kappa shape index (κ1) is 11.4. The van der Waals surface area contributed by atoms with Crippen LogP contribution in [0.25, 0.3) is 0 Å². The van der Waals surface area contributed by atoms with E-state index in [-0.39, 0.29) is 23.8 Å². The Balaban J connectivity index is 2.31. The molecule has 0 aliphatic carbocycles. The van der Waals surface area contributed by atoms with Gasteiger partial charge in [-0.25, -0.2) is 4.79 Å². The molecule has 16 heavy (non-hydrogen) atoms. The second-order valence-electron chi connectivity index (χ2n) is 5.12. The first-order valence-electron chi connectivity index (χ1n) is 5.94. The molecule has 0 radical (unpaired) electrons. The highest BCUT2D eigenvalue weighted by Gasteiger charge is 2.58. The third-order valence-electron chi connectivity index (χ3n) is 3.96. The van der Waals surface area contributed by atoms with Gasteiger partial charge in [-0.05, 0) is 25.7 Å². The lowest BCUT2D eigenvalue weighted by molar-refractivity contribution is -0.131. The number of carbonyl (C=O) groups is 2. The van der Waals surface area contributed by atoms with Gasteiger partial charge >= 0.3 is 6.09 Å².